The first-order chi connectivity index (χ1) is 20.6. The molecule has 5 rings (SSSR count). The molecule has 2 aromatic carbocycles. The lowest BCUT2D eigenvalue weighted by molar-refractivity contribution is -0.348. The number of carbonyl (C=O) groups excluding carboxylic acids is 1. The number of Topliss-reactive ketones (excluding diaryl/α,β-unsaturated/α-hetero) is 1. The molecule has 2 aliphatic carbocycles. The third-order valence-corrected chi connectivity index (χ3v) is 12.0. The van der Waals surface area contributed by atoms with Crippen molar-refractivity contribution in [2.24, 2.45) is 11.8 Å². The second-order valence-corrected chi connectivity index (χ2v) is 13.9. The number of carbonyl (C=O) groups is 1. The lowest BCUT2D eigenvalue weighted by atomic mass is 9.67. The number of aryl methyl sites for hydroxylation is 2. The van der Waals surface area contributed by atoms with Crippen LogP contribution >= 0.6 is 0 Å². The van der Waals surface area contributed by atoms with E-state index in [9.17, 15) is 39.6 Å². The van der Waals surface area contributed by atoms with E-state index in [1.54, 1.807) is 18.2 Å². The number of hydrogen-bond acceptors (Lipinski definition) is 4. The number of halogens is 7. The number of ketones is 1. The van der Waals surface area contributed by atoms with Crippen LogP contribution < -0.4 is 0 Å². The van der Waals surface area contributed by atoms with Crippen LogP contribution in [0.1, 0.15) is 78.2 Å². The summed E-state index contributed by atoms with van der Waals surface area (Å²) in [6.07, 6.45) is -9.28. The molecular weight excluding hydrogens is 613 g/mol. The fraction of sp³-hybridized carbons (Fsp3) is 0.484. The monoisotopic (exact) mass is 644 g/mol. The number of aromatic amines is 1. The highest BCUT2D eigenvalue weighted by Crippen LogP contribution is 2.57. The number of benzene rings is 2. The third kappa shape index (κ3) is 5.04. The Balaban J connectivity index is 1.64. The fourth-order valence-corrected chi connectivity index (χ4v) is 9.55. The number of nitrogens with zero attached hydrogens (tertiary/aromatic N) is 1. The zero-order chi connectivity index (χ0) is 32.1. The Labute approximate surface area is 250 Å². The second kappa shape index (κ2) is 11.3. The standard InChI is InChI=1S/C31H31F7N2O3S/c1-2-19-5-12-24(13-6-19)44(42,43)28-16-3-4-20(27(41)26-15-17-39-40-26)7-9-22(28)10-8-21-18-23(11-14-25(21)28)29(32,30(33,34)35)31(36,37)38/h5-6,11-15,17-18,20,22H,2-4,7-10,16H2,1H3,(H,39,40). The lowest BCUT2D eigenvalue weighted by Crippen LogP contribution is -2.51. The van der Waals surface area contributed by atoms with Gasteiger partial charge in [-0.2, -0.15) is 31.4 Å². The third-order valence-electron chi connectivity index (χ3n) is 9.38. The molecule has 44 heavy (non-hydrogen) atoms. The van der Waals surface area contributed by atoms with Gasteiger partial charge >= 0.3 is 18.0 Å². The molecule has 1 heterocycles. The van der Waals surface area contributed by atoms with Crippen molar-refractivity contribution in [3.8, 4) is 0 Å². The molecule has 1 saturated carbocycles. The van der Waals surface area contributed by atoms with Crippen LogP contribution in [-0.2, 0) is 33.1 Å². The van der Waals surface area contributed by atoms with Gasteiger partial charge in [0.25, 0.3) is 0 Å². The maximum atomic E-state index is 15.1. The molecule has 3 atom stereocenters. The average molecular weight is 645 g/mol. The van der Waals surface area contributed by atoms with Crippen molar-refractivity contribution in [3.63, 3.8) is 0 Å². The van der Waals surface area contributed by atoms with Gasteiger partial charge in [0.15, 0.2) is 15.6 Å². The molecule has 5 nitrogen and oxygen atoms in total. The van der Waals surface area contributed by atoms with Crippen molar-refractivity contribution >= 4 is 15.6 Å². The number of alkyl halides is 7. The summed E-state index contributed by atoms with van der Waals surface area (Å²) >= 11 is 0. The molecule has 0 spiro atoms. The number of aromatic nitrogens is 2. The number of H-pyrrole nitrogens is 1. The van der Waals surface area contributed by atoms with E-state index in [-0.39, 0.29) is 53.9 Å². The predicted molar refractivity (Wildman–Crippen MR) is 147 cm³/mol. The van der Waals surface area contributed by atoms with Crippen molar-refractivity contribution in [3.05, 3.63) is 82.7 Å². The van der Waals surface area contributed by atoms with Crippen LogP contribution in [0.2, 0.25) is 0 Å². The first kappa shape index (κ1) is 32.2. The largest absolute Gasteiger partial charge is 0.435 e. The summed E-state index contributed by atoms with van der Waals surface area (Å²) in [7, 11) is -4.29. The molecule has 13 heteroatoms. The highest BCUT2D eigenvalue weighted by Gasteiger charge is 2.73. The quantitative estimate of drug-likeness (QED) is 0.218. The molecule has 3 aromatic rings. The Morgan fingerprint density at radius 2 is 1.61 bits per heavy atom. The van der Waals surface area contributed by atoms with Crippen LogP contribution in [0.4, 0.5) is 30.7 Å². The molecule has 3 unspecified atom stereocenters. The van der Waals surface area contributed by atoms with E-state index in [1.807, 2.05) is 6.92 Å². The molecule has 2 aliphatic rings. The van der Waals surface area contributed by atoms with E-state index >= 15 is 4.39 Å². The Bertz CT molecular complexity index is 1600. The van der Waals surface area contributed by atoms with Gasteiger partial charge in [0.05, 0.1) is 4.90 Å². The first-order valence-electron chi connectivity index (χ1n) is 14.4. The van der Waals surface area contributed by atoms with Crippen molar-refractivity contribution in [2.45, 2.75) is 86.0 Å². The normalized spacial score (nSPS) is 23.3. The summed E-state index contributed by atoms with van der Waals surface area (Å²) in [4.78, 5) is 13.1. The van der Waals surface area contributed by atoms with Gasteiger partial charge in [-0.3, -0.25) is 9.89 Å². The number of hydrogen-bond donors (Lipinski definition) is 1. The van der Waals surface area contributed by atoms with Crippen molar-refractivity contribution in [1.82, 2.24) is 10.2 Å². The highest BCUT2D eigenvalue weighted by atomic mass is 32.2. The zero-order valence-electron chi connectivity index (χ0n) is 23.7. The average Bonchev–Trinajstić information content (AvgIpc) is 3.50. The topological polar surface area (TPSA) is 79.9 Å². The molecule has 0 aliphatic heterocycles. The van der Waals surface area contributed by atoms with Gasteiger partial charge in [0, 0.05) is 17.7 Å². The summed E-state index contributed by atoms with van der Waals surface area (Å²) in [5.41, 5.74) is -6.03. The van der Waals surface area contributed by atoms with Crippen LogP contribution in [0.25, 0.3) is 0 Å². The van der Waals surface area contributed by atoms with E-state index in [1.165, 1.54) is 18.3 Å². The van der Waals surface area contributed by atoms with Crippen LogP contribution in [-0.4, -0.2) is 36.8 Å². The molecule has 1 aromatic heterocycles. The van der Waals surface area contributed by atoms with Crippen LogP contribution in [0.5, 0.6) is 0 Å². The molecule has 238 valence electrons. The molecule has 0 radical (unpaired) electrons. The maximum Gasteiger partial charge on any atom is 0.435 e. The van der Waals surface area contributed by atoms with Gasteiger partial charge < -0.3 is 0 Å². The van der Waals surface area contributed by atoms with Crippen LogP contribution in [0, 0.1) is 11.8 Å². The summed E-state index contributed by atoms with van der Waals surface area (Å²) in [6, 6.07) is 9.70. The second-order valence-electron chi connectivity index (χ2n) is 11.7. The van der Waals surface area contributed by atoms with Crippen molar-refractivity contribution in [2.75, 3.05) is 0 Å². The first-order valence-corrected chi connectivity index (χ1v) is 15.9. The van der Waals surface area contributed by atoms with Gasteiger partial charge in [0.1, 0.15) is 10.4 Å². The minimum atomic E-state index is -6.29. The van der Waals surface area contributed by atoms with Gasteiger partial charge in [0.2, 0.25) is 0 Å². The Morgan fingerprint density at radius 3 is 2.20 bits per heavy atom. The predicted octanol–water partition coefficient (Wildman–Crippen LogP) is 7.96. The smallest absolute Gasteiger partial charge is 0.292 e. The van der Waals surface area contributed by atoms with Crippen molar-refractivity contribution < 1.29 is 43.9 Å². The van der Waals surface area contributed by atoms with Crippen LogP contribution in [0.15, 0.2) is 59.6 Å². The minimum absolute atomic E-state index is 0.0199. The Kier molecular flexibility index (Phi) is 8.26. The number of sulfone groups is 1. The Morgan fingerprint density at radius 1 is 0.932 bits per heavy atom. The Hall–Kier alpha value is -3.22. The highest BCUT2D eigenvalue weighted by molar-refractivity contribution is 7.92. The fourth-order valence-electron chi connectivity index (χ4n) is 7.06. The SMILES string of the molecule is CCc1ccc(S(=O)(=O)C23CCCC(C(=O)c4ccn[nH]4)CCC2CCc2cc(C(F)(C(F)(F)F)C(F)(F)F)ccc23)cc1. The maximum absolute atomic E-state index is 15.1. The van der Waals surface area contributed by atoms with E-state index in [0.717, 1.165) is 11.6 Å². The molecule has 0 saturated heterocycles. The lowest BCUT2D eigenvalue weighted by Gasteiger charge is -2.47. The van der Waals surface area contributed by atoms with Gasteiger partial charge in [-0.1, -0.05) is 43.7 Å². The van der Waals surface area contributed by atoms with Crippen LogP contribution in [0.3, 0.4) is 0 Å². The number of rotatable bonds is 6. The van der Waals surface area contributed by atoms with Gasteiger partial charge in [-0.05, 0) is 85.8 Å². The molecular formula is C31H31F7N2O3S. The van der Waals surface area contributed by atoms with Gasteiger partial charge in [-0.15, -0.1) is 0 Å². The number of fused-ring (bicyclic) bond motifs is 3. The summed E-state index contributed by atoms with van der Waals surface area (Å²) in [6.45, 7) is 1.90. The molecule has 1 N–H and O–H groups in total. The molecule has 0 amide bonds. The number of nitrogens with one attached hydrogen (secondary N) is 1. The molecule has 1 fully saturated rings. The van der Waals surface area contributed by atoms with E-state index < -0.39 is 50.0 Å². The molecule has 0 bridgehead atoms. The summed E-state index contributed by atoms with van der Waals surface area (Å²) in [5.74, 6) is -1.18. The minimum Gasteiger partial charge on any atom is -0.292 e. The van der Waals surface area contributed by atoms with E-state index in [4.69, 9.17) is 0 Å². The van der Waals surface area contributed by atoms with Gasteiger partial charge in [-0.25, -0.2) is 12.8 Å². The zero-order valence-corrected chi connectivity index (χ0v) is 24.6. The van der Waals surface area contributed by atoms with Crippen molar-refractivity contribution in [1.29, 1.82) is 0 Å². The van der Waals surface area contributed by atoms with E-state index in [2.05, 4.69) is 10.2 Å². The summed E-state index contributed by atoms with van der Waals surface area (Å²) in [5, 5.41) is 6.48. The summed E-state index contributed by atoms with van der Waals surface area (Å²) < 4.78 is 124. The van der Waals surface area contributed by atoms with E-state index in [0.29, 0.717) is 37.1 Å².